The molecule has 0 unspecified atom stereocenters. The fourth-order valence-electron chi connectivity index (χ4n) is 2.19. The van der Waals surface area contributed by atoms with Gasteiger partial charge >= 0.3 is 0 Å². The summed E-state index contributed by atoms with van der Waals surface area (Å²) in [7, 11) is 0. The number of pyridine rings is 1. The van der Waals surface area contributed by atoms with Gasteiger partial charge in [0.05, 0.1) is 5.39 Å². The van der Waals surface area contributed by atoms with E-state index >= 15 is 0 Å². The maximum atomic E-state index is 4.38. The highest BCUT2D eigenvalue weighted by atomic mass is 32.1. The lowest BCUT2D eigenvalue weighted by Crippen LogP contribution is -2.07. The highest BCUT2D eigenvalue weighted by molar-refractivity contribution is 7.18. The summed E-state index contributed by atoms with van der Waals surface area (Å²) in [5.74, 6) is 0.931. The van der Waals surface area contributed by atoms with Crippen molar-refractivity contribution in [2.24, 2.45) is 0 Å². The van der Waals surface area contributed by atoms with Gasteiger partial charge in [0.1, 0.15) is 17.0 Å². The Hall–Kier alpha value is -2.01. The Morgan fingerprint density at radius 3 is 2.95 bits per heavy atom. The van der Waals surface area contributed by atoms with E-state index in [0.717, 1.165) is 29.0 Å². The van der Waals surface area contributed by atoms with Crippen molar-refractivity contribution in [3.05, 3.63) is 46.9 Å². The summed E-state index contributed by atoms with van der Waals surface area (Å²) < 4.78 is 0. The number of rotatable bonds is 4. The molecule has 4 nitrogen and oxygen atoms in total. The van der Waals surface area contributed by atoms with Crippen molar-refractivity contribution in [3.8, 4) is 0 Å². The monoisotopic (exact) mass is 284 g/mol. The van der Waals surface area contributed by atoms with Gasteiger partial charge in [0.2, 0.25) is 0 Å². The molecule has 102 valence electrons. The predicted molar refractivity (Wildman–Crippen MR) is 83.3 cm³/mol. The molecule has 0 aliphatic carbocycles. The second kappa shape index (κ2) is 5.54. The number of hydrogen-bond acceptors (Lipinski definition) is 5. The molecular weight excluding hydrogens is 268 g/mol. The second-order valence-electron chi connectivity index (χ2n) is 4.72. The van der Waals surface area contributed by atoms with Gasteiger partial charge in [-0.2, -0.15) is 0 Å². The summed E-state index contributed by atoms with van der Waals surface area (Å²) in [6, 6.07) is 4.05. The standard InChI is InChI=1S/C15H16N4S/c1-10-11(2)20-15-13(10)14(18-9-19-15)17-7-5-12-4-3-6-16-8-12/h3-4,6,8-9H,5,7H2,1-2H3,(H,17,18,19). The second-order valence-corrected chi connectivity index (χ2v) is 5.93. The molecule has 0 aliphatic rings. The number of nitrogens with zero attached hydrogens (tertiary/aromatic N) is 3. The van der Waals surface area contributed by atoms with Crippen molar-refractivity contribution < 1.29 is 0 Å². The summed E-state index contributed by atoms with van der Waals surface area (Å²) in [4.78, 5) is 15.2. The van der Waals surface area contributed by atoms with E-state index in [1.807, 2.05) is 12.3 Å². The van der Waals surface area contributed by atoms with E-state index in [9.17, 15) is 0 Å². The van der Waals surface area contributed by atoms with Crippen molar-refractivity contribution in [1.82, 2.24) is 15.0 Å². The van der Waals surface area contributed by atoms with E-state index < -0.39 is 0 Å². The highest BCUT2D eigenvalue weighted by Crippen LogP contribution is 2.32. The first-order valence-electron chi connectivity index (χ1n) is 6.59. The Balaban J connectivity index is 1.78. The number of anilines is 1. The molecule has 0 atom stereocenters. The number of nitrogens with one attached hydrogen (secondary N) is 1. The van der Waals surface area contributed by atoms with E-state index in [4.69, 9.17) is 0 Å². The van der Waals surface area contributed by atoms with Gasteiger partial charge < -0.3 is 5.32 Å². The molecule has 0 radical (unpaired) electrons. The molecule has 0 saturated heterocycles. The molecule has 0 fully saturated rings. The molecule has 1 N–H and O–H groups in total. The van der Waals surface area contributed by atoms with E-state index in [0.29, 0.717) is 0 Å². The molecule has 3 aromatic rings. The largest absolute Gasteiger partial charge is 0.369 e. The summed E-state index contributed by atoms with van der Waals surface area (Å²) in [6.45, 7) is 5.09. The maximum absolute atomic E-state index is 4.38. The van der Waals surface area contributed by atoms with E-state index in [1.54, 1.807) is 23.9 Å². The molecule has 0 amide bonds. The van der Waals surface area contributed by atoms with Crippen LogP contribution in [0.4, 0.5) is 5.82 Å². The lowest BCUT2D eigenvalue weighted by Gasteiger charge is -2.07. The normalized spacial score (nSPS) is 10.9. The zero-order valence-electron chi connectivity index (χ0n) is 11.6. The van der Waals surface area contributed by atoms with Gasteiger partial charge in [0.25, 0.3) is 0 Å². The number of aryl methyl sites for hydroxylation is 2. The van der Waals surface area contributed by atoms with Crippen LogP contribution in [0, 0.1) is 13.8 Å². The molecule has 5 heteroatoms. The molecule has 3 aromatic heterocycles. The van der Waals surface area contributed by atoms with Gasteiger partial charge in [0.15, 0.2) is 0 Å². The van der Waals surface area contributed by atoms with Gasteiger partial charge in [-0.1, -0.05) is 6.07 Å². The third kappa shape index (κ3) is 2.49. The minimum atomic E-state index is 0.839. The molecule has 0 aliphatic heterocycles. The van der Waals surface area contributed by atoms with Gasteiger partial charge in [0, 0.05) is 23.8 Å². The van der Waals surface area contributed by atoms with Crippen LogP contribution >= 0.6 is 11.3 Å². The summed E-state index contributed by atoms with van der Waals surface area (Å²) in [5, 5.41) is 4.57. The van der Waals surface area contributed by atoms with Crippen molar-refractivity contribution in [1.29, 1.82) is 0 Å². The fraction of sp³-hybridized carbons (Fsp3) is 0.267. The smallest absolute Gasteiger partial charge is 0.138 e. The Labute approximate surface area is 121 Å². The lowest BCUT2D eigenvalue weighted by atomic mass is 10.2. The van der Waals surface area contributed by atoms with E-state index in [-0.39, 0.29) is 0 Å². The zero-order chi connectivity index (χ0) is 13.9. The van der Waals surface area contributed by atoms with Crippen molar-refractivity contribution in [2.45, 2.75) is 20.3 Å². The van der Waals surface area contributed by atoms with Crippen LogP contribution < -0.4 is 5.32 Å². The number of hydrogen-bond donors (Lipinski definition) is 1. The van der Waals surface area contributed by atoms with E-state index in [2.05, 4.69) is 40.2 Å². The Bertz CT molecular complexity index is 721. The minimum absolute atomic E-state index is 0.839. The first-order valence-corrected chi connectivity index (χ1v) is 7.41. The SMILES string of the molecule is Cc1sc2ncnc(NCCc3cccnc3)c2c1C. The van der Waals surface area contributed by atoms with Crippen LogP contribution in [0.3, 0.4) is 0 Å². The number of aromatic nitrogens is 3. The molecular formula is C15H16N4S. The van der Waals surface area contributed by atoms with Crippen LogP contribution in [-0.4, -0.2) is 21.5 Å². The topological polar surface area (TPSA) is 50.7 Å². The van der Waals surface area contributed by atoms with Crippen molar-refractivity contribution in [2.75, 3.05) is 11.9 Å². The fourth-order valence-corrected chi connectivity index (χ4v) is 3.18. The maximum Gasteiger partial charge on any atom is 0.138 e. The lowest BCUT2D eigenvalue weighted by molar-refractivity contribution is 0.994. The molecule has 20 heavy (non-hydrogen) atoms. The van der Waals surface area contributed by atoms with Crippen molar-refractivity contribution >= 4 is 27.4 Å². The van der Waals surface area contributed by atoms with Gasteiger partial charge in [-0.15, -0.1) is 11.3 Å². The van der Waals surface area contributed by atoms with Crippen LogP contribution in [0.2, 0.25) is 0 Å². The third-order valence-corrected chi connectivity index (χ3v) is 4.51. The summed E-state index contributed by atoms with van der Waals surface area (Å²) >= 11 is 1.72. The van der Waals surface area contributed by atoms with Crippen LogP contribution in [0.5, 0.6) is 0 Å². The summed E-state index contributed by atoms with van der Waals surface area (Å²) in [6.07, 6.45) is 6.26. The molecule has 3 heterocycles. The molecule has 0 saturated carbocycles. The third-order valence-electron chi connectivity index (χ3n) is 3.39. The van der Waals surface area contributed by atoms with Gasteiger partial charge in [-0.25, -0.2) is 9.97 Å². The Morgan fingerprint density at radius 2 is 2.15 bits per heavy atom. The van der Waals surface area contributed by atoms with Crippen LogP contribution in [0.25, 0.3) is 10.2 Å². The van der Waals surface area contributed by atoms with E-state index in [1.165, 1.54) is 16.0 Å². The van der Waals surface area contributed by atoms with Gasteiger partial charge in [-0.05, 0) is 37.5 Å². The molecule has 0 spiro atoms. The highest BCUT2D eigenvalue weighted by Gasteiger charge is 2.11. The van der Waals surface area contributed by atoms with Crippen LogP contribution in [0.15, 0.2) is 30.9 Å². The van der Waals surface area contributed by atoms with Crippen LogP contribution in [0.1, 0.15) is 16.0 Å². The molecule has 3 rings (SSSR count). The predicted octanol–water partition coefficient (Wildman–Crippen LogP) is 3.36. The van der Waals surface area contributed by atoms with Crippen LogP contribution in [-0.2, 0) is 6.42 Å². The van der Waals surface area contributed by atoms with Gasteiger partial charge in [-0.3, -0.25) is 4.98 Å². The van der Waals surface area contributed by atoms with Crippen molar-refractivity contribution in [3.63, 3.8) is 0 Å². The zero-order valence-corrected chi connectivity index (χ0v) is 12.4. The Morgan fingerprint density at radius 1 is 1.25 bits per heavy atom. The first-order chi connectivity index (χ1) is 9.75. The molecule has 0 aromatic carbocycles. The minimum Gasteiger partial charge on any atom is -0.369 e. The quantitative estimate of drug-likeness (QED) is 0.798. The number of thiophene rings is 1. The molecule has 0 bridgehead atoms. The summed E-state index contributed by atoms with van der Waals surface area (Å²) in [5.41, 5.74) is 2.50. The average Bonchev–Trinajstić information content (AvgIpc) is 2.76. The first kappa shape index (κ1) is 13.0. The Kier molecular flexibility index (Phi) is 3.60. The average molecular weight is 284 g/mol. The number of fused-ring (bicyclic) bond motifs is 1.